The van der Waals surface area contributed by atoms with E-state index in [1.807, 2.05) is 24.4 Å². The molecule has 0 radical (unpaired) electrons. The van der Waals surface area contributed by atoms with Crippen LogP contribution in [0.3, 0.4) is 0 Å². The number of Topliss-reactive ketones (excluding diaryl/α,β-unsaturated/α-hetero) is 1. The van der Waals surface area contributed by atoms with E-state index in [1.54, 1.807) is 0 Å². The number of benzene rings is 1. The van der Waals surface area contributed by atoms with Crippen molar-refractivity contribution in [2.45, 2.75) is 25.8 Å². The van der Waals surface area contributed by atoms with Gasteiger partial charge in [0.2, 0.25) is 0 Å². The largest absolute Gasteiger partial charge is 0.345 e. The van der Waals surface area contributed by atoms with E-state index < -0.39 is 0 Å². The molecule has 0 aliphatic carbocycles. The van der Waals surface area contributed by atoms with Gasteiger partial charge in [0, 0.05) is 24.7 Å². The summed E-state index contributed by atoms with van der Waals surface area (Å²) in [6, 6.07) is 12.2. The number of carbonyl (C=O) groups excluding carboxylic acids is 1. The summed E-state index contributed by atoms with van der Waals surface area (Å²) in [7, 11) is 0. The molecule has 0 atom stereocenters. The van der Waals surface area contributed by atoms with Crippen LogP contribution >= 0.6 is 0 Å². The second-order valence-electron chi connectivity index (χ2n) is 4.52. The molecule has 0 amide bonds. The fourth-order valence-electron chi connectivity index (χ4n) is 2.51. The summed E-state index contributed by atoms with van der Waals surface area (Å²) in [4.78, 5) is 12.1. The SMILES string of the molecule is O=C1CCCCn2ccc(-c3ccccc3)c21. The van der Waals surface area contributed by atoms with E-state index in [-0.39, 0.29) is 5.78 Å². The van der Waals surface area contributed by atoms with E-state index in [0.717, 1.165) is 36.2 Å². The van der Waals surface area contributed by atoms with Crippen LogP contribution in [0.4, 0.5) is 0 Å². The van der Waals surface area contributed by atoms with Crippen molar-refractivity contribution in [3.05, 3.63) is 48.3 Å². The molecule has 2 nitrogen and oxygen atoms in total. The van der Waals surface area contributed by atoms with Crippen LogP contribution in [-0.4, -0.2) is 10.4 Å². The number of aromatic nitrogens is 1. The molecule has 0 unspecified atom stereocenters. The van der Waals surface area contributed by atoms with Gasteiger partial charge in [0.15, 0.2) is 5.78 Å². The molecule has 0 bridgehead atoms. The van der Waals surface area contributed by atoms with Crippen LogP contribution in [0, 0.1) is 0 Å². The van der Waals surface area contributed by atoms with Gasteiger partial charge in [-0.15, -0.1) is 0 Å². The zero-order valence-electron chi connectivity index (χ0n) is 9.73. The highest BCUT2D eigenvalue weighted by atomic mass is 16.1. The fourth-order valence-corrected chi connectivity index (χ4v) is 2.51. The Morgan fingerprint density at radius 2 is 1.82 bits per heavy atom. The molecule has 1 aromatic heterocycles. The van der Waals surface area contributed by atoms with Crippen LogP contribution in [0.25, 0.3) is 11.1 Å². The van der Waals surface area contributed by atoms with Crippen molar-refractivity contribution in [2.24, 2.45) is 0 Å². The third kappa shape index (κ3) is 1.80. The van der Waals surface area contributed by atoms with Gasteiger partial charge in [0.1, 0.15) is 0 Å². The first-order valence-electron chi connectivity index (χ1n) is 6.14. The van der Waals surface area contributed by atoms with Gasteiger partial charge in [-0.3, -0.25) is 4.79 Å². The lowest BCUT2D eigenvalue weighted by molar-refractivity contribution is 0.0978. The van der Waals surface area contributed by atoms with Crippen molar-refractivity contribution in [1.29, 1.82) is 0 Å². The third-order valence-corrected chi connectivity index (χ3v) is 3.37. The Morgan fingerprint density at radius 1 is 1.00 bits per heavy atom. The summed E-state index contributed by atoms with van der Waals surface area (Å²) in [5, 5.41) is 0. The fraction of sp³-hybridized carbons (Fsp3) is 0.267. The Morgan fingerprint density at radius 3 is 2.65 bits per heavy atom. The minimum atomic E-state index is 0.284. The number of rotatable bonds is 1. The van der Waals surface area contributed by atoms with Crippen molar-refractivity contribution in [2.75, 3.05) is 0 Å². The van der Waals surface area contributed by atoms with Gasteiger partial charge in [-0.05, 0) is 24.5 Å². The first kappa shape index (κ1) is 10.3. The van der Waals surface area contributed by atoms with Crippen molar-refractivity contribution in [3.8, 4) is 11.1 Å². The smallest absolute Gasteiger partial charge is 0.179 e. The molecule has 1 aliphatic rings. The minimum absolute atomic E-state index is 0.284. The van der Waals surface area contributed by atoms with Crippen LogP contribution in [0.15, 0.2) is 42.6 Å². The number of fused-ring (bicyclic) bond motifs is 1. The Balaban J connectivity index is 2.14. The summed E-state index contributed by atoms with van der Waals surface area (Å²) in [5.74, 6) is 0.284. The Kier molecular flexibility index (Phi) is 2.56. The molecule has 86 valence electrons. The summed E-state index contributed by atoms with van der Waals surface area (Å²) < 4.78 is 2.11. The number of carbonyl (C=O) groups is 1. The maximum atomic E-state index is 12.1. The van der Waals surface area contributed by atoms with Gasteiger partial charge in [0.25, 0.3) is 0 Å². The van der Waals surface area contributed by atoms with E-state index in [9.17, 15) is 4.79 Å². The zero-order chi connectivity index (χ0) is 11.7. The second-order valence-corrected chi connectivity index (χ2v) is 4.52. The van der Waals surface area contributed by atoms with Gasteiger partial charge < -0.3 is 4.57 Å². The zero-order valence-corrected chi connectivity index (χ0v) is 9.73. The molecule has 0 N–H and O–H groups in total. The topological polar surface area (TPSA) is 22.0 Å². The van der Waals surface area contributed by atoms with E-state index in [4.69, 9.17) is 0 Å². The molecule has 1 aliphatic heterocycles. The molecule has 2 aromatic rings. The summed E-state index contributed by atoms with van der Waals surface area (Å²) in [5.41, 5.74) is 3.11. The summed E-state index contributed by atoms with van der Waals surface area (Å²) in [6.07, 6.45) is 4.83. The summed E-state index contributed by atoms with van der Waals surface area (Å²) in [6.45, 7) is 0.966. The quantitative estimate of drug-likeness (QED) is 0.727. The molecule has 0 saturated heterocycles. The Labute approximate surface area is 101 Å². The lowest BCUT2D eigenvalue weighted by atomic mass is 10.0. The van der Waals surface area contributed by atoms with E-state index in [2.05, 4.69) is 22.8 Å². The molecule has 1 aromatic carbocycles. The Hall–Kier alpha value is -1.83. The number of nitrogens with zero attached hydrogens (tertiary/aromatic N) is 1. The van der Waals surface area contributed by atoms with Crippen LogP contribution < -0.4 is 0 Å². The average molecular weight is 225 g/mol. The first-order valence-corrected chi connectivity index (χ1v) is 6.14. The molecule has 17 heavy (non-hydrogen) atoms. The maximum Gasteiger partial charge on any atom is 0.179 e. The van der Waals surface area contributed by atoms with Crippen molar-refractivity contribution in [3.63, 3.8) is 0 Å². The predicted molar refractivity (Wildman–Crippen MR) is 68.0 cm³/mol. The monoisotopic (exact) mass is 225 g/mol. The predicted octanol–water partition coefficient (Wildman–Crippen LogP) is 3.52. The highest BCUT2D eigenvalue weighted by Crippen LogP contribution is 2.28. The van der Waals surface area contributed by atoms with Gasteiger partial charge in [-0.2, -0.15) is 0 Å². The maximum absolute atomic E-state index is 12.1. The summed E-state index contributed by atoms with van der Waals surface area (Å²) >= 11 is 0. The number of hydrogen-bond acceptors (Lipinski definition) is 1. The highest BCUT2D eigenvalue weighted by Gasteiger charge is 2.19. The van der Waals surface area contributed by atoms with Crippen LogP contribution in [-0.2, 0) is 6.54 Å². The number of ketones is 1. The molecule has 0 fully saturated rings. The molecule has 2 heterocycles. The van der Waals surface area contributed by atoms with Gasteiger partial charge in [0.05, 0.1) is 5.69 Å². The van der Waals surface area contributed by atoms with Gasteiger partial charge in [-0.25, -0.2) is 0 Å². The first-order chi connectivity index (χ1) is 8.36. The molecule has 0 spiro atoms. The second kappa shape index (κ2) is 4.21. The molecular formula is C15H15NO. The van der Waals surface area contributed by atoms with Gasteiger partial charge >= 0.3 is 0 Å². The van der Waals surface area contributed by atoms with Crippen molar-refractivity contribution >= 4 is 5.78 Å². The van der Waals surface area contributed by atoms with E-state index in [1.165, 1.54) is 0 Å². The molecular weight excluding hydrogens is 210 g/mol. The number of aryl methyl sites for hydroxylation is 1. The number of hydrogen-bond donors (Lipinski definition) is 0. The molecule has 3 rings (SSSR count). The van der Waals surface area contributed by atoms with E-state index in [0.29, 0.717) is 6.42 Å². The minimum Gasteiger partial charge on any atom is -0.345 e. The highest BCUT2D eigenvalue weighted by molar-refractivity contribution is 6.01. The van der Waals surface area contributed by atoms with Gasteiger partial charge in [-0.1, -0.05) is 30.3 Å². The van der Waals surface area contributed by atoms with Crippen LogP contribution in [0.2, 0.25) is 0 Å². The van der Waals surface area contributed by atoms with Crippen molar-refractivity contribution in [1.82, 2.24) is 4.57 Å². The third-order valence-electron chi connectivity index (χ3n) is 3.37. The average Bonchev–Trinajstić information content (AvgIpc) is 2.71. The lowest BCUT2D eigenvalue weighted by Gasteiger charge is -2.06. The standard InChI is InChI=1S/C15H15NO/c17-14-8-4-5-10-16-11-9-13(15(14)16)12-6-2-1-3-7-12/h1-3,6-7,9,11H,4-5,8,10H2. The van der Waals surface area contributed by atoms with Crippen LogP contribution in [0.1, 0.15) is 29.8 Å². The normalized spacial score (nSPS) is 15.4. The van der Waals surface area contributed by atoms with Crippen molar-refractivity contribution < 1.29 is 4.79 Å². The molecule has 0 saturated carbocycles. The lowest BCUT2D eigenvalue weighted by Crippen LogP contribution is -2.05. The Bertz CT molecular complexity index is 539. The molecule has 2 heteroatoms. The van der Waals surface area contributed by atoms with Crippen LogP contribution in [0.5, 0.6) is 0 Å². The van der Waals surface area contributed by atoms with E-state index >= 15 is 0 Å².